The van der Waals surface area contributed by atoms with Gasteiger partial charge in [0.15, 0.2) is 5.65 Å². The van der Waals surface area contributed by atoms with Gasteiger partial charge in [0.2, 0.25) is 5.88 Å². The minimum absolute atomic E-state index is 0.134. The zero-order valence-corrected chi connectivity index (χ0v) is 17.2. The molecule has 150 valence electrons. The Morgan fingerprint density at radius 2 is 1.83 bits per heavy atom. The third kappa shape index (κ3) is 3.07. The molecule has 2 aromatic heterocycles. The quantitative estimate of drug-likeness (QED) is 0.619. The van der Waals surface area contributed by atoms with Crippen LogP contribution >= 0.6 is 0 Å². The molecule has 6 heteroatoms. The van der Waals surface area contributed by atoms with Crippen molar-refractivity contribution in [3.05, 3.63) is 47.7 Å². The lowest BCUT2D eigenvalue weighted by molar-refractivity contribution is 0.114. The van der Waals surface area contributed by atoms with Crippen LogP contribution in [0.3, 0.4) is 0 Å². The number of ether oxygens (including phenoxy) is 1. The largest absolute Gasteiger partial charge is 0.417 e. The zero-order valence-electron chi connectivity index (χ0n) is 17.2. The van der Waals surface area contributed by atoms with Gasteiger partial charge < -0.3 is 9.64 Å². The molecule has 2 aliphatic rings. The number of fused-ring (bicyclic) bond motifs is 2. The number of hydrogen-bond donors (Lipinski definition) is 0. The Kier molecular flexibility index (Phi) is 4.12. The molecule has 0 N–H and O–H groups in total. The number of nitrogens with zero attached hydrogens (tertiary/aromatic N) is 4. The van der Waals surface area contributed by atoms with Gasteiger partial charge in [-0.1, -0.05) is 51.8 Å². The molecule has 0 radical (unpaired) electrons. The zero-order chi connectivity index (χ0) is 20.2. The highest BCUT2D eigenvalue weighted by Gasteiger charge is 2.34. The predicted molar refractivity (Wildman–Crippen MR) is 111 cm³/mol. The van der Waals surface area contributed by atoms with E-state index in [9.17, 15) is 4.79 Å². The Bertz CT molecular complexity index is 1080. The summed E-state index contributed by atoms with van der Waals surface area (Å²) in [5.74, 6) is 0.411. The van der Waals surface area contributed by atoms with E-state index in [-0.39, 0.29) is 17.6 Å². The number of para-hydroxylation sites is 1. The topological polar surface area (TPSA) is 60.2 Å². The van der Waals surface area contributed by atoms with Gasteiger partial charge >= 0.3 is 6.09 Å². The summed E-state index contributed by atoms with van der Waals surface area (Å²) in [4.78, 5) is 19.3. The minimum Gasteiger partial charge on any atom is -0.391 e. The highest BCUT2D eigenvalue weighted by molar-refractivity contribution is 5.84. The van der Waals surface area contributed by atoms with Gasteiger partial charge in [0, 0.05) is 22.4 Å². The third-order valence-corrected chi connectivity index (χ3v) is 5.93. The van der Waals surface area contributed by atoms with E-state index >= 15 is 0 Å². The average molecular weight is 390 g/mol. The molecule has 0 spiro atoms. The van der Waals surface area contributed by atoms with E-state index in [1.54, 1.807) is 0 Å². The molecule has 6 nitrogen and oxygen atoms in total. The molecule has 5 rings (SSSR count). The van der Waals surface area contributed by atoms with Gasteiger partial charge in [0.1, 0.15) is 0 Å². The SMILES string of the molecule is CC(C)(C)c1nn(-c2ccccc2)c2nc3c(cc12)CN(C1CCCC1)C(=O)O3. The van der Waals surface area contributed by atoms with Crippen LogP contribution in [0.5, 0.6) is 5.88 Å². The van der Waals surface area contributed by atoms with Crippen LogP contribution in [0.1, 0.15) is 57.7 Å². The highest BCUT2D eigenvalue weighted by atomic mass is 16.6. The molecule has 0 atom stereocenters. The number of carbonyl (C=O) groups excluding carboxylic acids is 1. The fourth-order valence-corrected chi connectivity index (χ4v) is 4.45. The maximum Gasteiger partial charge on any atom is 0.417 e. The Hall–Kier alpha value is -2.89. The maximum absolute atomic E-state index is 12.6. The Balaban J connectivity index is 1.66. The van der Waals surface area contributed by atoms with Crippen molar-refractivity contribution >= 4 is 17.1 Å². The van der Waals surface area contributed by atoms with Crippen molar-refractivity contribution in [3.63, 3.8) is 0 Å². The normalized spacial score (nSPS) is 17.6. The standard InChI is InChI=1S/C23H26N4O2/c1-23(2,3)19-18-13-15-14-26(16-9-7-8-10-16)22(28)29-21(15)24-20(18)27(25-19)17-11-5-4-6-12-17/h4-6,11-13,16H,7-10,14H2,1-3H3. The first-order chi connectivity index (χ1) is 13.9. The van der Waals surface area contributed by atoms with Crippen molar-refractivity contribution in [1.29, 1.82) is 0 Å². The number of benzene rings is 1. The lowest BCUT2D eigenvalue weighted by atomic mass is 9.90. The van der Waals surface area contributed by atoms with E-state index in [1.807, 2.05) is 39.9 Å². The summed E-state index contributed by atoms with van der Waals surface area (Å²) in [6, 6.07) is 12.4. The first-order valence-corrected chi connectivity index (χ1v) is 10.4. The second kappa shape index (κ2) is 6.58. The molecule has 29 heavy (non-hydrogen) atoms. The summed E-state index contributed by atoms with van der Waals surface area (Å²) < 4.78 is 7.54. The van der Waals surface area contributed by atoms with Crippen molar-refractivity contribution in [1.82, 2.24) is 19.7 Å². The van der Waals surface area contributed by atoms with Gasteiger partial charge in [-0.15, -0.1) is 0 Å². The number of hydrogen-bond acceptors (Lipinski definition) is 4. The molecule has 0 bridgehead atoms. The molecule has 1 saturated carbocycles. The van der Waals surface area contributed by atoms with E-state index in [2.05, 4.69) is 26.8 Å². The minimum atomic E-state index is -0.280. The molecule has 1 aliphatic heterocycles. The molecular formula is C23H26N4O2. The summed E-state index contributed by atoms with van der Waals surface area (Å²) in [6.45, 7) is 7.04. The van der Waals surface area contributed by atoms with Gasteiger partial charge in [0.05, 0.1) is 17.9 Å². The Morgan fingerprint density at radius 3 is 2.52 bits per heavy atom. The number of carbonyl (C=O) groups is 1. The summed E-state index contributed by atoms with van der Waals surface area (Å²) in [6.07, 6.45) is 4.18. The number of amides is 1. The van der Waals surface area contributed by atoms with E-state index in [0.717, 1.165) is 40.8 Å². The van der Waals surface area contributed by atoms with E-state index < -0.39 is 0 Å². The molecule has 1 fully saturated rings. The van der Waals surface area contributed by atoms with E-state index in [1.165, 1.54) is 12.8 Å². The second-order valence-electron chi connectivity index (χ2n) is 9.10. The van der Waals surface area contributed by atoms with Crippen molar-refractivity contribution in [2.24, 2.45) is 0 Å². The van der Waals surface area contributed by atoms with E-state index in [4.69, 9.17) is 14.8 Å². The molecule has 1 aromatic carbocycles. The number of aromatic nitrogens is 3. The monoisotopic (exact) mass is 390 g/mol. The number of pyridine rings is 1. The van der Waals surface area contributed by atoms with Gasteiger partial charge in [-0.05, 0) is 31.0 Å². The van der Waals surface area contributed by atoms with Gasteiger partial charge in [-0.3, -0.25) is 0 Å². The molecule has 0 saturated heterocycles. The molecular weight excluding hydrogens is 364 g/mol. The Morgan fingerprint density at radius 1 is 1.10 bits per heavy atom. The molecule has 0 unspecified atom stereocenters. The third-order valence-electron chi connectivity index (χ3n) is 5.93. The number of rotatable bonds is 2. The van der Waals surface area contributed by atoms with Crippen LogP contribution in [0.15, 0.2) is 36.4 Å². The van der Waals surface area contributed by atoms with Crippen LogP contribution in [0.25, 0.3) is 16.7 Å². The first kappa shape index (κ1) is 18.2. The van der Waals surface area contributed by atoms with Crippen LogP contribution in [-0.4, -0.2) is 31.8 Å². The van der Waals surface area contributed by atoms with Crippen LogP contribution in [0, 0.1) is 0 Å². The van der Waals surface area contributed by atoms with Crippen LogP contribution < -0.4 is 4.74 Å². The van der Waals surface area contributed by atoms with Crippen molar-refractivity contribution < 1.29 is 9.53 Å². The Labute approximate surface area is 170 Å². The van der Waals surface area contributed by atoms with Crippen LogP contribution in [-0.2, 0) is 12.0 Å². The lowest BCUT2D eigenvalue weighted by Gasteiger charge is -2.32. The lowest BCUT2D eigenvalue weighted by Crippen LogP contribution is -2.43. The molecule has 1 amide bonds. The molecule has 3 aromatic rings. The van der Waals surface area contributed by atoms with Gasteiger partial charge in [0.25, 0.3) is 0 Å². The highest BCUT2D eigenvalue weighted by Crippen LogP contribution is 2.36. The maximum atomic E-state index is 12.6. The van der Waals surface area contributed by atoms with Crippen LogP contribution in [0.2, 0.25) is 0 Å². The summed E-state index contributed by atoms with van der Waals surface area (Å²) in [5.41, 5.74) is 3.49. The van der Waals surface area contributed by atoms with Gasteiger partial charge in [-0.25, -0.2) is 9.48 Å². The fraction of sp³-hybridized carbons (Fsp3) is 0.435. The van der Waals surface area contributed by atoms with Gasteiger partial charge in [-0.2, -0.15) is 10.1 Å². The first-order valence-electron chi connectivity index (χ1n) is 10.4. The van der Waals surface area contributed by atoms with Crippen molar-refractivity contribution in [3.8, 4) is 11.6 Å². The second-order valence-corrected chi connectivity index (χ2v) is 9.10. The summed E-state index contributed by atoms with van der Waals surface area (Å²) >= 11 is 0. The average Bonchev–Trinajstić information content (AvgIpc) is 3.34. The summed E-state index contributed by atoms with van der Waals surface area (Å²) in [5, 5.41) is 5.94. The van der Waals surface area contributed by atoms with E-state index in [0.29, 0.717) is 12.4 Å². The molecule has 1 aliphatic carbocycles. The predicted octanol–water partition coefficient (Wildman–Crippen LogP) is 4.98. The smallest absolute Gasteiger partial charge is 0.391 e. The summed E-state index contributed by atoms with van der Waals surface area (Å²) in [7, 11) is 0. The molecule has 3 heterocycles. The van der Waals surface area contributed by atoms with Crippen molar-refractivity contribution in [2.75, 3.05) is 0 Å². The fourth-order valence-electron chi connectivity index (χ4n) is 4.45. The van der Waals surface area contributed by atoms with Crippen LogP contribution in [0.4, 0.5) is 4.79 Å². The van der Waals surface area contributed by atoms with Crippen molar-refractivity contribution in [2.45, 2.75) is 64.5 Å².